The Morgan fingerprint density at radius 2 is 2.33 bits per heavy atom. The number of carbonyl (C=O) groups excluding carboxylic acids is 1. The number of halogens is 1. The summed E-state index contributed by atoms with van der Waals surface area (Å²) in [7, 11) is 1.37. The zero-order chi connectivity index (χ0) is 13.7. The number of hydrogen-bond donors (Lipinski definition) is 2. The van der Waals surface area contributed by atoms with Gasteiger partial charge in [-0.2, -0.15) is 0 Å². The van der Waals surface area contributed by atoms with E-state index >= 15 is 0 Å². The van der Waals surface area contributed by atoms with Crippen LogP contribution in [0, 0.1) is 15.9 Å². The molecule has 0 heterocycles. The van der Waals surface area contributed by atoms with Gasteiger partial charge in [0.2, 0.25) is 5.91 Å². The summed E-state index contributed by atoms with van der Waals surface area (Å²) < 4.78 is 17.5. The minimum atomic E-state index is -0.959. The summed E-state index contributed by atoms with van der Waals surface area (Å²) in [5.41, 5.74) is 4.80. The summed E-state index contributed by atoms with van der Waals surface area (Å²) in [6, 6.07) is 1.87. The normalized spacial score (nSPS) is 11.9. The fourth-order valence-electron chi connectivity index (χ4n) is 1.24. The molecule has 3 N–H and O–H groups in total. The van der Waals surface area contributed by atoms with Crippen LogP contribution >= 0.6 is 0 Å². The fourth-order valence-corrected chi connectivity index (χ4v) is 1.24. The molecule has 1 aromatic carbocycles. The largest absolute Gasteiger partial charge is 0.383 e. The molecule has 7 nitrogen and oxygen atoms in total. The number of nitro groups is 1. The van der Waals surface area contributed by atoms with Gasteiger partial charge in [0.05, 0.1) is 17.6 Å². The highest BCUT2D eigenvalue weighted by molar-refractivity contribution is 5.96. The van der Waals surface area contributed by atoms with Crippen LogP contribution in [0.15, 0.2) is 18.2 Å². The fraction of sp³-hybridized carbons (Fsp3) is 0.300. The second-order valence-corrected chi connectivity index (χ2v) is 3.47. The van der Waals surface area contributed by atoms with E-state index in [-0.39, 0.29) is 12.3 Å². The maximum Gasteiger partial charge on any atom is 0.295 e. The molecule has 0 fully saturated rings. The van der Waals surface area contributed by atoms with Crippen molar-refractivity contribution in [1.82, 2.24) is 0 Å². The molecule has 0 spiro atoms. The quantitative estimate of drug-likeness (QED) is 0.594. The Morgan fingerprint density at radius 1 is 1.67 bits per heavy atom. The van der Waals surface area contributed by atoms with Crippen LogP contribution in [-0.4, -0.2) is 30.6 Å². The summed E-state index contributed by atoms with van der Waals surface area (Å²) in [6.45, 7) is -0.0270. The van der Waals surface area contributed by atoms with E-state index in [2.05, 4.69) is 10.1 Å². The zero-order valence-electron chi connectivity index (χ0n) is 9.55. The van der Waals surface area contributed by atoms with Gasteiger partial charge in [-0.15, -0.1) is 0 Å². The number of methoxy groups -OCH3 is 1. The second kappa shape index (κ2) is 6.03. The van der Waals surface area contributed by atoms with Crippen molar-refractivity contribution >= 4 is 17.3 Å². The molecule has 0 saturated heterocycles. The lowest BCUT2D eigenvalue weighted by Crippen LogP contribution is -2.39. The van der Waals surface area contributed by atoms with Crippen molar-refractivity contribution in [3.05, 3.63) is 34.1 Å². The van der Waals surface area contributed by atoms with Crippen molar-refractivity contribution in [2.75, 3.05) is 19.0 Å². The van der Waals surface area contributed by atoms with Crippen LogP contribution < -0.4 is 11.1 Å². The van der Waals surface area contributed by atoms with Gasteiger partial charge in [0.1, 0.15) is 17.5 Å². The van der Waals surface area contributed by atoms with Crippen molar-refractivity contribution in [3.63, 3.8) is 0 Å². The van der Waals surface area contributed by atoms with E-state index in [0.29, 0.717) is 0 Å². The highest BCUT2D eigenvalue weighted by atomic mass is 19.1. The van der Waals surface area contributed by atoms with Gasteiger partial charge in [-0.1, -0.05) is 0 Å². The van der Waals surface area contributed by atoms with Gasteiger partial charge in [-0.25, -0.2) is 4.39 Å². The minimum Gasteiger partial charge on any atom is -0.383 e. The topological polar surface area (TPSA) is 107 Å². The van der Waals surface area contributed by atoms with Gasteiger partial charge in [0, 0.05) is 7.11 Å². The van der Waals surface area contributed by atoms with E-state index in [1.165, 1.54) is 7.11 Å². The molecule has 1 unspecified atom stereocenters. The average molecular weight is 257 g/mol. The molecule has 0 aliphatic rings. The summed E-state index contributed by atoms with van der Waals surface area (Å²) in [5, 5.41) is 12.9. The van der Waals surface area contributed by atoms with Crippen molar-refractivity contribution in [2.45, 2.75) is 6.04 Å². The van der Waals surface area contributed by atoms with Gasteiger partial charge in [0.25, 0.3) is 5.69 Å². The molecule has 0 saturated carbocycles. The van der Waals surface area contributed by atoms with Gasteiger partial charge >= 0.3 is 0 Å². The molecule has 0 aliphatic carbocycles. The Balaban J connectivity index is 2.90. The SMILES string of the molecule is COCC(N)C(=O)Nc1ccc(F)cc1[N+](=O)[O-]. The van der Waals surface area contributed by atoms with E-state index in [1.54, 1.807) is 0 Å². The van der Waals surface area contributed by atoms with Gasteiger partial charge in [-0.3, -0.25) is 14.9 Å². The van der Waals surface area contributed by atoms with Crippen LogP contribution in [0.3, 0.4) is 0 Å². The van der Waals surface area contributed by atoms with E-state index in [4.69, 9.17) is 5.73 Å². The summed E-state index contributed by atoms with van der Waals surface area (Å²) >= 11 is 0. The predicted molar refractivity (Wildman–Crippen MR) is 61.5 cm³/mol. The van der Waals surface area contributed by atoms with Crippen LogP contribution in [0.25, 0.3) is 0 Å². The van der Waals surface area contributed by atoms with Crippen molar-refractivity contribution < 1.29 is 18.8 Å². The molecule has 0 aromatic heterocycles. The first kappa shape index (κ1) is 14.0. The Morgan fingerprint density at radius 3 is 2.89 bits per heavy atom. The molecular weight excluding hydrogens is 245 g/mol. The standard InChI is InChI=1S/C10H12FN3O4/c1-18-5-7(12)10(15)13-8-3-2-6(11)4-9(8)14(16)17/h2-4,7H,5,12H2,1H3,(H,13,15). The van der Waals surface area contributed by atoms with Crippen molar-refractivity contribution in [1.29, 1.82) is 0 Å². The van der Waals surface area contributed by atoms with Crippen LogP contribution in [0.1, 0.15) is 0 Å². The third-order valence-electron chi connectivity index (χ3n) is 2.10. The van der Waals surface area contributed by atoms with Crippen LogP contribution in [0.4, 0.5) is 15.8 Å². The molecule has 0 radical (unpaired) electrons. The van der Waals surface area contributed by atoms with Crippen molar-refractivity contribution in [3.8, 4) is 0 Å². The van der Waals surface area contributed by atoms with Gasteiger partial charge in [0.15, 0.2) is 0 Å². The number of ether oxygens (including phenoxy) is 1. The zero-order valence-corrected chi connectivity index (χ0v) is 9.55. The van der Waals surface area contributed by atoms with E-state index in [0.717, 1.165) is 18.2 Å². The van der Waals surface area contributed by atoms with Gasteiger partial charge in [-0.05, 0) is 12.1 Å². The number of rotatable bonds is 5. The van der Waals surface area contributed by atoms with Crippen LogP contribution in [-0.2, 0) is 9.53 Å². The molecule has 0 bridgehead atoms. The molecule has 0 aliphatic heterocycles. The third-order valence-corrected chi connectivity index (χ3v) is 2.10. The lowest BCUT2D eigenvalue weighted by molar-refractivity contribution is -0.384. The lowest BCUT2D eigenvalue weighted by atomic mass is 10.2. The molecule has 8 heteroatoms. The second-order valence-electron chi connectivity index (χ2n) is 3.47. The van der Waals surface area contributed by atoms with Crippen molar-refractivity contribution in [2.24, 2.45) is 5.73 Å². The summed E-state index contributed by atoms with van der Waals surface area (Å²) in [6.07, 6.45) is 0. The minimum absolute atomic E-state index is 0.0270. The number of benzene rings is 1. The highest BCUT2D eigenvalue weighted by Gasteiger charge is 2.20. The predicted octanol–water partition coefficient (Wildman–Crippen LogP) is 0.646. The number of hydrogen-bond acceptors (Lipinski definition) is 5. The Labute approximate surface area is 102 Å². The summed E-state index contributed by atoms with van der Waals surface area (Å²) in [4.78, 5) is 21.4. The van der Waals surface area contributed by atoms with Crippen LogP contribution in [0.2, 0.25) is 0 Å². The smallest absolute Gasteiger partial charge is 0.295 e. The number of nitro benzene ring substituents is 1. The third kappa shape index (κ3) is 3.47. The maximum absolute atomic E-state index is 12.9. The highest BCUT2D eigenvalue weighted by Crippen LogP contribution is 2.24. The Hall–Kier alpha value is -2.06. The lowest BCUT2D eigenvalue weighted by Gasteiger charge is -2.11. The number of amides is 1. The molecular formula is C10H12FN3O4. The molecule has 1 aromatic rings. The molecule has 98 valence electrons. The van der Waals surface area contributed by atoms with E-state index < -0.39 is 28.4 Å². The first-order valence-corrected chi connectivity index (χ1v) is 4.95. The maximum atomic E-state index is 12.9. The number of carbonyl (C=O) groups is 1. The number of anilines is 1. The summed E-state index contributed by atoms with van der Waals surface area (Å²) in [5.74, 6) is -1.41. The number of nitrogens with one attached hydrogen (secondary N) is 1. The monoisotopic (exact) mass is 257 g/mol. The van der Waals surface area contributed by atoms with E-state index in [9.17, 15) is 19.3 Å². The molecule has 1 amide bonds. The van der Waals surface area contributed by atoms with Gasteiger partial charge < -0.3 is 15.8 Å². The Bertz CT molecular complexity index is 466. The molecule has 1 atom stereocenters. The molecule has 1 rings (SSSR count). The average Bonchev–Trinajstić information content (AvgIpc) is 2.31. The van der Waals surface area contributed by atoms with Crippen LogP contribution in [0.5, 0.6) is 0 Å². The van der Waals surface area contributed by atoms with E-state index in [1.807, 2.05) is 0 Å². The number of nitrogens with zero attached hydrogens (tertiary/aromatic N) is 1. The first-order valence-electron chi connectivity index (χ1n) is 4.95. The Kier molecular flexibility index (Phi) is 4.69. The molecule has 18 heavy (non-hydrogen) atoms. The first-order chi connectivity index (χ1) is 8.45. The number of nitrogens with two attached hydrogens (primary N) is 1.